The summed E-state index contributed by atoms with van der Waals surface area (Å²) >= 11 is 5.91. The van der Waals surface area contributed by atoms with Crippen LogP contribution >= 0.6 is 11.6 Å². The van der Waals surface area contributed by atoms with Gasteiger partial charge in [-0.15, -0.1) is 0 Å². The summed E-state index contributed by atoms with van der Waals surface area (Å²) in [6.07, 6.45) is 1.20. The van der Waals surface area contributed by atoms with Gasteiger partial charge < -0.3 is 9.84 Å². The molecule has 1 fully saturated rings. The third-order valence-corrected chi connectivity index (χ3v) is 2.87. The van der Waals surface area contributed by atoms with E-state index in [1.165, 1.54) is 25.3 Å². The maximum absolute atomic E-state index is 11.6. The Hall–Kier alpha value is -2.54. The van der Waals surface area contributed by atoms with Crippen molar-refractivity contribution in [1.82, 2.24) is 10.6 Å². The topological polar surface area (TPSA) is 105 Å². The van der Waals surface area contributed by atoms with Gasteiger partial charge in [0, 0.05) is 6.07 Å². The zero-order chi connectivity index (χ0) is 14.9. The van der Waals surface area contributed by atoms with Crippen molar-refractivity contribution in [3.8, 4) is 11.5 Å². The molecule has 0 radical (unpaired) electrons. The lowest BCUT2D eigenvalue weighted by Gasteiger charge is -2.14. The SMILES string of the molecule is COc1cc(C=C2C(=O)NC(=O)NC2=O)c(Cl)cc1O. The number of phenols is 1. The molecule has 2 rings (SSSR count). The number of carbonyl (C=O) groups excluding carboxylic acids is 3. The van der Waals surface area contributed by atoms with Crippen LogP contribution in [0.4, 0.5) is 4.79 Å². The highest BCUT2D eigenvalue weighted by atomic mass is 35.5. The molecule has 1 saturated heterocycles. The fraction of sp³-hybridized carbons (Fsp3) is 0.0833. The van der Waals surface area contributed by atoms with Crippen LogP contribution in [0.1, 0.15) is 5.56 Å². The highest BCUT2D eigenvalue weighted by Gasteiger charge is 2.28. The molecule has 3 N–H and O–H groups in total. The normalized spacial score (nSPS) is 14.7. The second-order valence-electron chi connectivity index (χ2n) is 3.84. The van der Waals surface area contributed by atoms with Crippen LogP contribution in [0.25, 0.3) is 6.08 Å². The molecule has 1 heterocycles. The number of methoxy groups -OCH3 is 1. The average Bonchev–Trinajstić information content (AvgIpc) is 2.35. The number of imide groups is 2. The summed E-state index contributed by atoms with van der Waals surface area (Å²) in [4.78, 5) is 34.1. The smallest absolute Gasteiger partial charge is 0.328 e. The Morgan fingerprint density at radius 2 is 1.80 bits per heavy atom. The molecule has 1 aliphatic heterocycles. The van der Waals surface area contributed by atoms with Crippen LogP contribution in [0.3, 0.4) is 0 Å². The zero-order valence-corrected chi connectivity index (χ0v) is 10.9. The summed E-state index contributed by atoms with van der Waals surface area (Å²) in [6, 6.07) is 1.70. The number of hydrogen-bond acceptors (Lipinski definition) is 5. The summed E-state index contributed by atoms with van der Waals surface area (Å²) in [5, 5.41) is 13.5. The number of carbonyl (C=O) groups is 3. The molecule has 0 unspecified atom stereocenters. The number of benzene rings is 1. The molecule has 0 saturated carbocycles. The molecule has 1 aromatic rings. The Balaban J connectivity index is 2.47. The molecule has 20 heavy (non-hydrogen) atoms. The Kier molecular flexibility index (Phi) is 3.62. The van der Waals surface area contributed by atoms with E-state index in [0.29, 0.717) is 0 Å². The minimum atomic E-state index is -0.883. The third kappa shape index (κ3) is 2.57. The highest BCUT2D eigenvalue weighted by molar-refractivity contribution is 6.34. The van der Waals surface area contributed by atoms with Crippen molar-refractivity contribution in [3.63, 3.8) is 0 Å². The maximum Gasteiger partial charge on any atom is 0.328 e. The van der Waals surface area contributed by atoms with Crippen molar-refractivity contribution in [2.45, 2.75) is 0 Å². The standard InChI is InChI=1S/C12H9ClN2O5/c1-20-9-3-5(7(13)4-8(9)16)2-6-10(17)14-12(19)15-11(6)18/h2-4,16H,1H3,(H2,14,15,17,18,19). The number of nitrogens with one attached hydrogen (secondary N) is 2. The lowest BCUT2D eigenvalue weighted by atomic mass is 10.1. The summed E-state index contributed by atoms with van der Waals surface area (Å²) in [5.41, 5.74) is 0.00945. The van der Waals surface area contributed by atoms with E-state index in [1.54, 1.807) is 0 Å². The van der Waals surface area contributed by atoms with Crippen molar-refractivity contribution >= 4 is 35.5 Å². The molecule has 0 bridgehead atoms. The molecule has 1 aliphatic rings. The summed E-state index contributed by atoms with van der Waals surface area (Å²) < 4.78 is 4.91. The van der Waals surface area contributed by atoms with Gasteiger partial charge >= 0.3 is 6.03 Å². The number of urea groups is 1. The monoisotopic (exact) mass is 296 g/mol. The van der Waals surface area contributed by atoms with Gasteiger partial charge in [-0.25, -0.2) is 4.79 Å². The van der Waals surface area contributed by atoms with Gasteiger partial charge in [-0.05, 0) is 17.7 Å². The molecular formula is C12H9ClN2O5. The molecule has 1 aromatic carbocycles. The number of phenolic OH excluding ortho intramolecular Hbond substituents is 1. The predicted octanol–water partition coefficient (Wildman–Crippen LogP) is 0.804. The molecule has 8 heteroatoms. The first-order valence-electron chi connectivity index (χ1n) is 5.37. The first-order valence-corrected chi connectivity index (χ1v) is 5.75. The Morgan fingerprint density at radius 3 is 2.35 bits per heavy atom. The van der Waals surface area contributed by atoms with Crippen molar-refractivity contribution in [2.75, 3.05) is 7.11 Å². The van der Waals surface area contributed by atoms with Gasteiger partial charge in [0.1, 0.15) is 5.57 Å². The van der Waals surface area contributed by atoms with E-state index >= 15 is 0 Å². The second-order valence-corrected chi connectivity index (χ2v) is 4.25. The summed E-state index contributed by atoms with van der Waals surface area (Å²) in [5.74, 6) is -1.70. The van der Waals surface area contributed by atoms with Gasteiger partial charge in [-0.2, -0.15) is 0 Å². The molecule has 4 amide bonds. The number of barbiturate groups is 1. The van der Waals surface area contributed by atoms with Crippen LogP contribution < -0.4 is 15.4 Å². The van der Waals surface area contributed by atoms with E-state index in [0.717, 1.165) is 0 Å². The lowest BCUT2D eigenvalue weighted by Crippen LogP contribution is -2.51. The first kappa shape index (κ1) is 13.9. The van der Waals surface area contributed by atoms with Gasteiger partial charge in [-0.1, -0.05) is 11.6 Å². The molecule has 0 atom stereocenters. The van der Waals surface area contributed by atoms with Gasteiger partial charge in [0.05, 0.1) is 12.1 Å². The number of aromatic hydroxyl groups is 1. The van der Waals surface area contributed by atoms with Crippen molar-refractivity contribution in [1.29, 1.82) is 0 Å². The second kappa shape index (κ2) is 5.22. The quantitative estimate of drug-likeness (QED) is 0.553. The first-order chi connectivity index (χ1) is 9.42. The number of amides is 4. The number of hydrogen-bond donors (Lipinski definition) is 3. The van der Waals surface area contributed by atoms with Gasteiger partial charge in [0.15, 0.2) is 11.5 Å². The van der Waals surface area contributed by atoms with Crippen LogP contribution in [-0.4, -0.2) is 30.1 Å². The highest BCUT2D eigenvalue weighted by Crippen LogP contribution is 2.33. The minimum absolute atomic E-state index is 0.119. The largest absolute Gasteiger partial charge is 0.504 e. The predicted molar refractivity (Wildman–Crippen MR) is 69.3 cm³/mol. The van der Waals surface area contributed by atoms with Crippen molar-refractivity contribution in [3.05, 3.63) is 28.3 Å². The number of ether oxygens (including phenoxy) is 1. The van der Waals surface area contributed by atoms with E-state index in [2.05, 4.69) is 0 Å². The van der Waals surface area contributed by atoms with E-state index in [-0.39, 0.29) is 27.7 Å². The molecule has 0 aliphatic carbocycles. The Morgan fingerprint density at radius 1 is 1.20 bits per heavy atom. The van der Waals surface area contributed by atoms with Crippen LogP contribution in [0.5, 0.6) is 11.5 Å². The Labute approximate surface area is 118 Å². The molecule has 104 valence electrons. The lowest BCUT2D eigenvalue weighted by molar-refractivity contribution is -0.123. The van der Waals surface area contributed by atoms with Crippen molar-refractivity contribution in [2.24, 2.45) is 0 Å². The van der Waals surface area contributed by atoms with E-state index in [4.69, 9.17) is 16.3 Å². The summed E-state index contributed by atoms with van der Waals surface area (Å²) in [7, 11) is 1.35. The average molecular weight is 297 g/mol. The molecule has 0 spiro atoms. The van der Waals surface area contributed by atoms with Crippen LogP contribution in [0, 0.1) is 0 Å². The van der Waals surface area contributed by atoms with Crippen LogP contribution in [0.2, 0.25) is 5.02 Å². The van der Waals surface area contributed by atoms with Gasteiger partial charge in [0.25, 0.3) is 11.8 Å². The number of rotatable bonds is 2. The molecule has 0 aromatic heterocycles. The van der Waals surface area contributed by atoms with E-state index < -0.39 is 17.8 Å². The van der Waals surface area contributed by atoms with Gasteiger partial charge in [-0.3, -0.25) is 20.2 Å². The minimum Gasteiger partial charge on any atom is -0.504 e. The van der Waals surface area contributed by atoms with E-state index in [9.17, 15) is 19.5 Å². The number of halogens is 1. The third-order valence-electron chi connectivity index (χ3n) is 2.54. The molecule has 7 nitrogen and oxygen atoms in total. The molecular weight excluding hydrogens is 288 g/mol. The van der Waals surface area contributed by atoms with Gasteiger partial charge in [0.2, 0.25) is 0 Å². The fourth-order valence-electron chi connectivity index (χ4n) is 1.59. The zero-order valence-electron chi connectivity index (χ0n) is 10.2. The Bertz CT molecular complexity index is 631. The van der Waals surface area contributed by atoms with E-state index in [1.807, 2.05) is 10.6 Å². The van der Waals surface area contributed by atoms with Crippen molar-refractivity contribution < 1.29 is 24.2 Å². The van der Waals surface area contributed by atoms with Crippen LogP contribution in [0.15, 0.2) is 17.7 Å². The maximum atomic E-state index is 11.6. The fourth-order valence-corrected chi connectivity index (χ4v) is 1.81. The summed E-state index contributed by atoms with van der Waals surface area (Å²) in [6.45, 7) is 0. The van der Waals surface area contributed by atoms with Crippen LogP contribution in [-0.2, 0) is 9.59 Å².